The lowest BCUT2D eigenvalue weighted by Gasteiger charge is -2.10. The SMILES string of the molecule is CC1CC(C(=O)Nc2ccc(S(=O)(=O)Cl)c(Cl)c2)CO1. The first-order valence-electron chi connectivity index (χ1n) is 5.94. The standard InChI is InChI=1S/C12H13Cl2NO4S/c1-7-4-8(6-19-7)12(16)15-9-2-3-11(10(13)5-9)20(14,17)18/h2-3,5,7-8H,4,6H2,1H3,(H,15,16). The molecule has 0 aliphatic carbocycles. The molecule has 0 radical (unpaired) electrons. The van der Waals surface area contributed by atoms with Crippen LogP contribution in [0, 0.1) is 5.92 Å². The maximum absolute atomic E-state index is 12.0. The second-order valence-corrected chi connectivity index (χ2v) is 7.59. The van der Waals surface area contributed by atoms with Crippen molar-refractivity contribution in [2.75, 3.05) is 11.9 Å². The fourth-order valence-corrected chi connectivity index (χ4v) is 3.55. The molecule has 20 heavy (non-hydrogen) atoms. The van der Waals surface area contributed by atoms with Crippen molar-refractivity contribution in [3.8, 4) is 0 Å². The van der Waals surface area contributed by atoms with E-state index in [9.17, 15) is 13.2 Å². The van der Waals surface area contributed by atoms with Crippen LogP contribution in [0.3, 0.4) is 0 Å². The van der Waals surface area contributed by atoms with Crippen LogP contribution in [0.25, 0.3) is 0 Å². The Morgan fingerprint density at radius 1 is 1.45 bits per heavy atom. The molecule has 1 amide bonds. The largest absolute Gasteiger partial charge is 0.378 e. The van der Waals surface area contributed by atoms with Crippen molar-refractivity contribution in [2.45, 2.75) is 24.3 Å². The number of hydrogen-bond donors (Lipinski definition) is 1. The predicted octanol–water partition coefficient (Wildman–Crippen LogP) is 2.63. The van der Waals surface area contributed by atoms with Gasteiger partial charge in [-0.25, -0.2) is 8.42 Å². The van der Waals surface area contributed by atoms with Crippen LogP contribution in [-0.4, -0.2) is 27.0 Å². The fourth-order valence-electron chi connectivity index (χ4n) is 2.02. The first-order valence-corrected chi connectivity index (χ1v) is 8.63. The van der Waals surface area contributed by atoms with Gasteiger partial charge in [0.25, 0.3) is 9.05 Å². The molecule has 1 saturated heterocycles. The highest BCUT2D eigenvalue weighted by Crippen LogP contribution is 2.28. The summed E-state index contributed by atoms with van der Waals surface area (Å²) in [5.41, 5.74) is 0.420. The van der Waals surface area contributed by atoms with E-state index >= 15 is 0 Å². The van der Waals surface area contributed by atoms with Crippen molar-refractivity contribution in [1.82, 2.24) is 0 Å². The van der Waals surface area contributed by atoms with Gasteiger partial charge < -0.3 is 10.1 Å². The highest BCUT2D eigenvalue weighted by Gasteiger charge is 2.28. The Labute approximate surface area is 126 Å². The summed E-state index contributed by atoms with van der Waals surface area (Å²) < 4.78 is 27.7. The lowest BCUT2D eigenvalue weighted by Crippen LogP contribution is -2.23. The molecule has 2 rings (SSSR count). The van der Waals surface area contributed by atoms with E-state index in [4.69, 9.17) is 27.0 Å². The van der Waals surface area contributed by atoms with E-state index in [0.717, 1.165) is 0 Å². The van der Waals surface area contributed by atoms with Gasteiger partial charge in [-0.15, -0.1) is 0 Å². The molecule has 1 aromatic rings. The van der Waals surface area contributed by atoms with Crippen LogP contribution in [0.4, 0.5) is 5.69 Å². The van der Waals surface area contributed by atoms with Crippen LogP contribution < -0.4 is 5.32 Å². The minimum atomic E-state index is -3.89. The molecule has 0 saturated carbocycles. The Morgan fingerprint density at radius 2 is 2.15 bits per heavy atom. The average molecular weight is 338 g/mol. The maximum Gasteiger partial charge on any atom is 0.262 e. The van der Waals surface area contributed by atoms with Gasteiger partial charge in [0.2, 0.25) is 5.91 Å². The Kier molecular flexibility index (Phi) is 4.59. The van der Waals surface area contributed by atoms with E-state index in [-0.39, 0.29) is 27.8 Å². The van der Waals surface area contributed by atoms with Gasteiger partial charge in [0, 0.05) is 16.4 Å². The molecule has 0 bridgehead atoms. The monoisotopic (exact) mass is 337 g/mol. The highest BCUT2D eigenvalue weighted by molar-refractivity contribution is 8.13. The summed E-state index contributed by atoms with van der Waals surface area (Å²) >= 11 is 5.84. The zero-order valence-electron chi connectivity index (χ0n) is 10.6. The molecule has 1 N–H and O–H groups in total. The van der Waals surface area contributed by atoms with Crippen LogP contribution in [-0.2, 0) is 18.6 Å². The van der Waals surface area contributed by atoms with Crippen molar-refractivity contribution in [3.63, 3.8) is 0 Å². The van der Waals surface area contributed by atoms with Gasteiger partial charge in [0.05, 0.1) is 23.7 Å². The second-order valence-electron chi connectivity index (χ2n) is 4.65. The average Bonchev–Trinajstić information content (AvgIpc) is 2.74. The molecule has 0 spiro atoms. The molecule has 2 unspecified atom stereocenters. The summed E-state index contributed by atoms with van der Waals surface area (Å²) in [7, 11) is 1.33. The molecular weight excluding hydrogens is 325 g/mol. The van der Waals surface area contributed by atoms with Gasteiger partial charge in [-0.05, 0) is 31.5 Å². The van der Waals surface area contributed by atoms with Gasteiger partial charge in [-0.1, -0.05) is 11.6 Å². The number of amides is 1. The van der Waals surface area contributed by atoms with Crippen LogP contribution in [0.2, 0.25) is 5.02 Å². The number of hydrogen-bond acceptors (Lipinski definition) is 4. The number of carbonyl (C=O) groups is 1. The molecule has 2 atom stereocenters. The predicted molar refractivity (Wildman–Crippen MR) is 76.6 cm³/mol. The third-order valence-electron chi connectivity index (χ3n) is 3.03. The Hall–Kier alpha value is -0.820. The van der Waals surface area contributed by atoms with Gasteiger partial charge in [0.15, 0.2) is 0 Å². The van der Waals surface area contributed by atoms with Gasteiger partial charge in [0.1, 0.15) is 4.90 Å². The first-order chi connectivity index (χ1) is 9.27. The van der Waals surface area contributed by atoms with E-state index in [2.05, 4.69) is 5.32 Å². The van der Waals surface area contributed by atoms with Crippen molar-refractivity contribution in [3.05, 3.63) is 23.2 Å². The number of benzene rings is 1. The van der Waals surface area contributed by atoms with Crippen molar-refractivity contribution in [2.24, 2.45) is 5.92 Å². The molecular formula is C12H13Cl2NO4S. The summed E-state index contributed by atoms with van der Waals surface area (Å²) in [5.74, 6) is -0.382. The molecule has 0 aromatic heterocycles. The lowest BCUT2D eigenvalue weighted by atomic mass is 10.1. The summed E-state index contributed by atoms with van der Waals surface area (Å²) in [4.78, 5) is 11.8. The Morgan fingerprint density at radius 3 is 2.65 bits per heavy atom. The number of carbonyl (C=O) groups excluding carboxylic acids is 1. The fraction of sp³-hybridized carbons (Fsp3) is 0.417. The summed E-state index contributed by atoms with van der Waals surface area (Å²) in [6.07, 6.45) is 0.728. The minimum Gasteiger partial charge on any atom is -0.378 e. The van der Waals surface area contributed by atoms with Gasteiger partial charge in [-0.2, -0.15) is 0 Å². The number of rotatable bonds is 3. The zero-order chi connectivity index (χ0) is 14.9. The van der Waals surface area contributed by atoms with E-state index < -0.39 is 9.05 Å². The van der Waals surface area contributed by atoms with Crippen LogP contribution in [0.1, 0.15) is 13.3 Å². The Bertz CT molecular complexity index is 632. The first kappa shape index (κ1) is 15.6. The van der Waals surface area contributed by atoms with Gasteiger partial charge >= 0.3 is 0 Å². The van der Waals surface area contributed by atoms with Gasteiger partial charge in [-0.3, -0.25) is 4.79 Å². The molecule has 8 heteroatoms. The maximum atomic E-state index is 12.0. The quantitative estimate of drug-likeness (QED) is 0.860. The minimum absolute atomic E-state index is 0.0335. The van der Waals surface area contributed by atoms with Crippen LogP contribution in [0.5, 0.6) is 0 Å². The van der Waals surface area contributed by atoms with Crippen LogP contribution in [0.15, 0.2) is 23.1 Å². The number of nitrogens with one attached hydrogen (secondary N) is 1. The second kappa shape index (κ2) is 5.89. The zero-order valence-corrected chi connectivity index (χ0v) is 12.9. The molecule has 1 fully saturated rings. The molecule has 1 aliphatic rings. The normalized spacial score (nSPS) is 22.8. The number of anilines is 1. The van der Waals surface area contributed by atoms with Crippen molar-refractivity contribution in [1.29, 1.82) is 0 Å². The Balaban J connectivity index is 2.11. The lowest BCUT2D eigenvalue weighted by molar-refractivity contribution is -0.119. The third-order valence-corrected chi connectivity index (χ3v) is 4.84. The van der Waals surface area contributed by atoms with Crippen LogP contribution >= 0.6 is 22.3 Å². The summed E-state index contributed by atoms with van der Waals surface area (Å²) in [5, 5.41) is 2.65. The van der Waals surface area contributed by atoms with E-state index in [1.54, 1.807) is 0 Å². The highest BCUT2D eigenvalue weighted by atomic mass is 35.7. The van der Waals surface area contributed by atoms with E-state index in [1.165, 1.54) is 18.2 Å². The number of ether oxygens (including phenoxy) is 1. The molecule has 5 nitrogen and oxygen atoms in total. The smallest absolute Gasteiger partial charge is 0.262 e. The summed E-state index contributed by atoms with van der Waals surface area (Å²) in [6, 6.07) is 4.06. The molecule has 1 aliphatic heterocycles. The van der Waals surface area contributed by atoms with Crippen molar-refractivity contribution >= 4 is 42.9 Å². The molecule has 110 valence electrons. The molecule has 1 heterocycles. The molecule has 1 aromatic carbocycles. The third kappa shape index (κ3) is 3.63. The van der Waals surface area contributed by atoms with Crippen molar-refractivity contribution < 1.29 is 17.9 Å². The van der Waals surface area contributed by atoms with E-state index in [1.807, 2.05) is 6.92 Å². The summed E-state index contributed by atoms with van der Waals surface area (Å²) in [6.45, 7) is 2.29. The number of halogens is 2. The van der Waals surface area contributed by atoms with E-state index in [0.29, 0.717) is 18.7 Å². The topological polar surface area (TPSA) is 72.5 Å².